The summed E-state index contributed by atoms with van der Waals surface area (Å²) < 4.78 is 6.53. The molecule has 6 aromatic carbocycles. The SMILES string of the molecule is C1=CC[NH2+]C(c2cc(-c3cccc(-c4cccc(C5(c6ccccc6)c6ccccc6Oc6ccccc65)c4)c3)nc(-c3ccccc3)n2)=C1. The third kappa shape index (κ3) is 5.14. The van der Waals surface area contributed by atoms with Gasteiger partial charge >= 0.3 is 0 Å². The van der Waals surface area contributed by atoms with Crippen molar-refractivity contribution >= 4 is 5.70 Å². The van der Waals surface area contributed by atoms with E-state index in [1.807, 2.05) is 30.3 Å². The number of fused-ring (bicyclic) bond motifs is 2. The summed E-state index contributed by atoms with van der Waals surface area (Å²) in [6, 6.07) is 57.7. The molecule has 1 aromatic heterocycles. The number of allylic oxidation sites excluding steroid dienone is 2. The van der Waals surface area contributed by atoms with Crippen LogP contribution in [0.15, 0.2) is 182 Å². The molecule has 0 bridgehead atoms. The molecule has 0 aliphatic carbocycles. The zero-order valence-electron chi connectivity index (χ0n) is 27.4. The van der Waals surface area contributed by atoms with Gasteiger partial charge in [-0.1, -0.05) is 140 Å². The van der Waals surface area contributed by atoms with Crippen LogP contribution in [0.1, 0.15) is 27.9 Å². The maximum absolute atomic E-state index is 6.53. The molecule has 0 amide bonds. The first kappa shape index (κ1) is 29.8. The molecule has 9 rings (SSSR count). The van der Waals surface area contributed by atoms with E-state index in [9.17, 15) is 0 Å². The van der Waals surface area contributed by atoms with Gasteiger partial charge in [0.1, 0.15) is 17.2 Å². The van der Waals surface area contributed by atoms with Crippen LogP contribution in [-0.2, 0) is 5.41 Å². The quantitative estimate of drug-likeness (QED) is 0.196. The lowest BCUT2D eigenvalue weighted by atomic mass is 9.63. The minimum absolute atomic E-state index is 0.578. The van der Waals surface area contributed by atoms with Gasteiger partial charge in [-0.2, -0.15) is 0 Å². The van der Waals surface area contributed by atoms with Crippen LogP contribution in [0.3, 0.4) is 0 Å². The average Bonchev–Trinajstić information content (AvgIpc) is 3.21. The average molecular weight is 645 g/mol. The largest absolute Gasteiger partial charge is 0.457 e. The van der Waals surface area contributed by atoms with E-state index in [0.717, 1.165) is 74.3 Å². The number of nitrogens with zero attached hydrogens (tertiary/aromatic N) is 2. The summed E-state index contributed by atoms with van der Waals surface area (Å²) in [6.45, 7) is 0.892. The molecule has 0 radical (unpaired) electrons. The van der Waals surface area contributed by atoms with Crippen molar-refractivity contribution in [3.63, 3.8) is 0 Å². The van der Waals surface area contributed by atoms with Crippen molar-refractivity contribution in [2.24, 2.45) is 0 Å². The number of nitrogens with two attached hydrogens (primary N) is 1. The molecule has 2 aliphatic rings. The fourth-order valence-corrected chi connectivity index (χ4v) is 7.42. The first-order valence-corrected chi connectivity index (χ1v) is 17.1. The van der Waals surface area contributed by atoms with Gasteiger partial charge in [-0.05, 0) is 58.7 Å². The highest BCUT2D eigenvalue weighted by molar-refractivity contribution is 5.77. The van der Waals surface area contributed by atoms with Crippen molar-refractivity contribution < 1.29 is 10.1 Å². The Balaban J connectivity index is 1.21. The Morgan fingerprint density at radius 2 is 1.08 bits per heavy atom. The molecule has 0 unspecified atom stereocenters. The molecule has 0 atom stereocenters. The third-order valence-electron chi connectivity index (χ3n) is 9.74. The lowest BCUT2D eigenvalue weighted by Crippen LogP contribution is -2.81. The second-order valence-corrected chi connectivity index (χ2v) is 12.7. The molecule has 0 fully saturated rings. The van der Waals surface area contributed by atoms with Gasteiger partial charge < -0.3 is 10.1 Å². The number of para-hydroxylation sites is 2. The Bertz CT molecular complexity index is 2370. The van der Waals surface area contributed by atoms with Crippen LogP contribution in [0.4, 0.5) is 0 Å². The van der Waals surface area contributed by atoms with Gasteiger partial charge in [0.05, 0.1) is 17.7 Å². The minimum atomic E-state index is -0.578. The summed E-state index contributed by atoms with van der Waals surface area (Å²) in [5.74, 6) is 2.46. The summed E-state index contributed by atoms with van der Waals surface area (Å²) in [5, 5.41) is 2.22. The molecule has 0 spiro atoms. The van der Waals surface area contributed by atoms with Gasteiger partial charge in [0.2, 0.25) is 0 Å². The smallest absolute Gasteiger partial charge is 0.160 e. The molecule has 50 heavy (non-hydrogen) atoms. The standard InChI is InChI=1S/C46H33N3O/c1-3-15-32(16-4-1)45-48-41(31-42(49-45)40-25-11-12-28-47-40)35-19-13-17-33(29-35)34-18-14-22-37(30-34)46(36-20-5-2-6-21-36)38-23-7-9-26-43(38)50-44-27-10-8-24-39(44)46/h1-27,29-31,47H,28H2/p+1. The summed E-state index contributed by atoms with van der Waals surface area (Å²) >= 11 is 0. The van der Waals surface area contributed by atoms with Gasteiger partial charge in [0, 0.05) is 28.3 Å². The molecular weight excluding hydrogens is 611 g/mol. The summed E-state index contributed by atoms with van der Waals surface area (Å²) in [4.78, 5) is 10.1. The van der Waals surface area contributed by atoms with Gasteiger partial charge in [-0.25, -0.2) is 9.97 Å². The minimum Gasteiger partial charge on any atom is -0.457 e. The highest BCUT2D eigenvalue weighted by atomic mass is 16.5. The Kier molecular flexibility index (Phi) is 7.49. The maximum atomic E-state index is 6.53. The van der Waals surface area contributed by atoms with E-state index in [0.29, 0.717) is 0 Å². The van der Waals surface area contributed by atoms with E-state index in [4.69, 9.17) is 14.7 Å². The first-order chi connectivity index (χ1) is 24.8. The van der Waals surface area contributed by atoms with Gasteiger partial charge in [-0.15, -0.1) is 0 Å². The lowest BCUT2D eigenvalue weighted by Gasteiger charge is -2.41. The molecular formula is C46H34N3O+. The predicted octanol–water partition coefficient (Wildman–Crippen LogP) is 9.44. The maximum Gasteiger partial charge on any atom is 0.160 e. The molecule has 2 N–H and O–H groups in total. The normalized spacial score (nSPS) is 14.2. The van der Waals surface area contributed by atoms with Crippen molar-refractivity contribution in [1.29, 1.82) is 0 Å². The number of quaternary nitrogens is 1. The van der Waals surface area contributed by atoms with Crippen molar-refractivity contribution in [3.8, 4) is 45.3 Å². The molecule has 2 aliphatic heterocycles. The van der Waals surface area contributed by atoms with Crippen LogP contribution in [0.2, 0.25) is 0 Å². The second kappa shape index (κ2) is 12.6. The molecule has 4 heteroatoms. The van der Waals surface area contributed by atoms with Gasteiger partial charge in [0.25, 0.3) is 0 Å². The summed E-state index contributed by atoms with van der Waals surface area (Å²) in [6.07, 6.45) is 6.38. The van der Waals surface area contributed by atoms with Gasteiger partial charge in [-0.3, -0.25) is 0 Å². The van der Waals surface area contributed by atoms with E-state index >= 15 is 0 Å². The number of hydrogen-bond acceptors (Lipinski definition) is 3. The van der Waals surface area contributed by atoms with Gasteiger partial charge in [0.15, 0.2) is 11.5 Å². The van der Waals surface area contributed by atoms with Crippen LogP contribution >= 0.6 is 0 Å². The van der Waals surface area contributed by atoms with Crippen LogP contribution in [-0.4, -0.2) is 16.5 Å². The molecule has 238 valence electrons. The number of ether oxygens (including phenoxy) is 1. The number of aromatic nitrogens is 2. The van der Waals surface area contributed by atoms with E-state index in [1.165, 1.54) is 11.1 Å². The van der Waals surface area contributed by atoms with Crippen molar-refractivity contribution in [3.05, 3.63) is 210 Å². The highest BCUT2D eigenvalue weighted by Gasteiger charge is 2.45. The van der Waals surface area contributed by atoms with E-state index < -0.39 is 5.41 Å². The zero-order valence-corrected chi connectivity index (χ0v) is 27.4. The molecule has 4 nitrogen and oxygen atoms in total. The first-order valence-electron chi connectivity index (χ1n) is 17.1. The van der Waals surface area contributed by atoms with Crippen LogP contribution < -0.4 is 10.1 Å². The monoisotopic (exact) mass is 644 g/mol. The zero-order chi connectivity index (χ0) is 33.3. The van der Waals surface area contributed by atoms with E-state index in [-0.39, 0.29) is 0 Å². The molecule has 7 aromatic rings. The predicted molar refractivity (Wildman–Crippen MR) is 201 cm³/mol. The Hall–Kier alpha value is -6.36. The number of hydrogen-bond donors (Lipinski definition) is 1. The molecule has 0 saturated carbocycles. The summed E-state index contributed by atoms with van der Waals surface area (Å²) in [5.41, 5.74) is 11.3. The molecule has 0 saturated heterocycles. The Morgan fingerprint density at radius 3 is 1.80 bits per heavy atom. The fourth-order valence-electron chi connectivity index (χ4n) is 7.42. The highest BCUT2D eigenvalue weighted by Crippen LogP contribution is 2.55. The van der Waals surface area contributed by atoms with Crippen molar-refractivity contribution in [1.82, 2.24) is 9.97 Å². The number of rotatable bonds is 6. The third-order valence-corrected chi connectivity index (χ3v) is 9.74. The van der Waals surface area contributed by atoms with Crippen molar-refractivity contribution in [2.45, 2.75) is 5.41 Å². The number of benzene rings is 6. The lowest BCUT2D eigenvalue weighted by molar-refractivity contribution is -0.553. The van der Waals surface area contributed by atoms with Crippen LogP contribution in [0, 0.1) is 0 Å². The fraction of sp³-hybridized carbons (Fsp3) is 0.0435. The molecule has 3 heterocycles. The van der Waals surface area contributed by atoms with E-state index in [2.05, 4.69) is 157 Å². The Morgan fingerprint density at radius 1 is 0.500 bits per heavy atom. The summed E-state index contributed by atoms with van der Waals surface area (Å²) in [7, 11) is 0. The van der Waals surface area contributed by atoms with Crippen LogP contribution in [0.25, 0.3) is 39.5 Å². The van der Waals surface area contributed by atoms with E-state index in [1.54, 1.807) is 0 Å². The van der Waals surface area contributed by atoms with Crippen molar-refractivity contribution in [2.75, 3.05) is 6.54 Å². The van der Waals surface area contributed by atoms with Crippen LogP contribution in [0.5, 0.6) is 11.5 Å². The topological polar surface area (TPSA) is 51.6 Å². The Labute approximate surface area is 292 Å². The second-order valence-electron chi connectivity index (χ2n) is 12.7.